The van der Waals surface area contributed by atoms with Gasteiger partial charge in [-0.1, -0.05) is 23.2 Å². The van der Waals surface area contributed by atoms with Gasteiger partial charge in [-0.15, -0.1) is 0 Å². The second kappa shape index (κ2) is 8.39. The third-order valence-electron chi connectivity index (χ3n) is 2.25. The predicted molar refractivity (Wildman–Crippen MR) is 76.8 cm³/mol. The molecule has 0 saturated heterocycles. The number of carbonyl (C=O) groups excluding carboxylic acids is 3. The van der Waals surface area contributed by atoms with E-state index in [4.69, 9.17) is 23.2 Å². The Morgan fingerprint density at radius 3 is 2.50 bits per heavy atom. The number of halogens is 2. The highest BCUT2D eigenvalue weighted by atomic mass is 35.5. The van der Waals surface area contributed by atoms with E-state index in [2.05, 4.69) is 16.0 Å². The van der Waals surface area contributed by atoms with Crippen molar-refractivity contribution < 1.29 is 14.4 Å². The fraction of sp³-hybridized carbons (Fsp3) is 0.250. The molecule has 1 aromatic rings. The SMILES string of the molecule is O=CNCCCNC(=O)C(=O)Nc1ccc(Cl)c(Cl)c1. The Morgan fingerprint density at radius 1 is 1.10 bits per heavy atom. The molecule has 3 N–H and O–H groups in total. The lowest BCUT2D eigenvalue weighted by atomic mass is 10.3. The van der Waals surface area contributed by atoms with Crippen LogP contribution in [0.2, 0.25) is 10.0 Å². The maximum absolute atomic E-state index is 11.6. The van der Waals surface area contributed by atoms with Gasteiger partial charge in [0.1, 0.15) is 0 Å². The Hall–Kier alpha value is -1.79. The maximum Gasteiger partial charge on any atom is 0.313 e. The minimum Gasteiger partial charge on any atom is -0.359 e. The molecule has 108 valence electrons. The topological polar surface area (TPSA) is 87.3 Å². The van der Waals surface area contributed by atoms with E-state index in [0.29, 0.717) is 30.1 Å². The van der Waals surface area contributed by atoms with Crippen molar-refractivity contribution in [3.63, 3.8) is 0 Å². The summed E-state index contributed by atoms with van der Waals surface area (Å²) in [6.07, 6.45) is 1.10. The van der Waals surface area contributed by atoms with Gasteiger partial charge in [0.25, 0.3) is 0 Å². The van der Waals surface area contributed by atoms with Crippen LogP contribution < -0.4 is 16.0 Å². The zero-order valence-corrected chi connectivity index (χ0v) is 11.9. The highest BCUT2D eigenvalue weighted by molar-refractivity contribution is 6.42. The first-order chi connectivity index (χ1) is 9.54. The van der Waals surface area contributed by atoms with E-state index in [9.17, 15) is 14.4 Å². The molecule has 0 unspecified atom stereocenters. The standard InChI is InChI=1S/C12H13Cl2N3O3/c13-9-3-2-8(6-10(9)14)17-12(20)11(19)16-5-1-4-15-7-18/h2-3,6-7H,1,4-5H2,(H,15,18)(H,16,19)(H,17,20). The fourth-order valence-corrected chi connectivity index (χ4v) is 1.59. The lowest BCUT2D eigenvalue weighted by molar-refractivity contribution is -0.136. The first-order valence-electron chi connectivity index (χ1n) is 5.76. The molecule has 0 bridgehead atoms. The summed E-state index contributed by atoms with van der Waals surface area (Å²) < 4.78 is 0. The summed E-state index contributed by atoms with van der Waals surface area (Å²) >= 11 is 11.5. The quantitative estimate of drug-likeness (QED) is 0.418. The molecule has 20 heavy (non-hydrogen) atoms. The van der Waals surface area contributed by atoms with Gasteiger partial charge in [-0.3, -0.25) is 14.4 Å². The van der Waals surface area contributed by atoms with Gasteiger partial charge in [-0.25, -0.2) is 0 Å². The van der Waals surface area contributed by atoms with E-state index in [1.54, 1.807) is 0 Å². The predicted octanol–water partition coefficient (Wildman–Crippen LogP) is 1.18. The molecule has 0 aliphatic rings. The number of benzene rings is 1. The molecule has 0 aliphatic carbocycles. The van der Waals surface area contributed by atoms with E-state index in [1.807, 2.05) is 0 Å². The third-order valence-corrected chi connectivity index (χ3v) is 2.99. The summed E-state index contributed by atoms with van der Waals surface area (Å²) in [6, 6.07) is 4.50. The minimum atomic E-state index is -0.799. The first-order valence-corrected chi connectivity index (χ1v) is 6.51. The van der Waals surface area contributed by atoms with Crippen LogP contribution >= 0.6 is 23.2 Å². The summed E-state index contributed by atoms with van der Waals surface area (Å²) in [6.45, 7) is 0.715. The molecule has 0 heterocycles. The van der Waals surface area contributed by atoms with E-state index in [-0.39, 0.29) is 11.6 Å². The molecule has 0 atom stereocenters. The molecule has 0 aliphatic heterocycles. The number of hydrogen-bond donors (Lipinski definition) is 3. The van der Waals surface area contributed by atoms with Crippen LogP contribution in [0, 0.1) is 0 Å². The zero-order valence-electron chi connectivity index (χ0n) is 10.4. The number of anilines is 1. The molecule has 0 radical (unpaired) electrons. The van der Waals surface area contributed by atoms with Gasteiger partial charge < -0.3 is 16.0 Å². The normalized spacial score (nSPS) is 9.70. The molecular weight excluding hydrogens is 305 g/mol. The zero-order chi connectivity index (χ0) is 15.0. The summed E-state index contributed by atoms with van der Waals surface area (Å²) in [4.78, 5) is 33.0. The Kier molecular flexibility index (Phi) is 6.83. The molecular formula is C12H13Cl2N3O3. The number of rotatable bonds is 6. The molecule has 1 aromatic carbocycles. The van der Waals surface area contributed by atoms with Crippen LogP contribution in [0.3, 0.4) is 0 Å². The van der Waals surface area contributed by atoms with E-state index >= 15 is 0 Å². The van der Waals surface area contributed by atoms with Gasteiger partial charge in [0.15, 0.2) is 0 Å². The molecule has 0 spiro atoms. The lowest BCUT2D eigenvalue weighted by Gasteiger charge is -2.07. The molecule has 6 nitrogen and oxygen atoms in total. The Labute approximate surface area is 125 Å². The Bertz CT molecular complexity index is 509. The molecule has 1 rings (SSSR count). The van der Waals surface area contributed by atoms with E-state index < -0.39 is 11.8 Å². The lowest BCUT2D eigenvalue weighted by Crippen LogP contribution is -2.36. The summed E-state index contributed by atoms with van der Waals surface area (Å²) in [5.41, 5.74) is 0.377. The van der Waals surface area contributed by atoms with Crippen molar-refractivity contribution in [1.82, 2.24) is 10.6 Å². The number of carbonyl (C=O) groups is 3. The maximum atomic E-state index is 11.6. The van der Waals surface area contributed by atoms with Gasteiger partial charge in [-0.05, 0) is 24.6 Å². The second-order valence-corrected chi connectivity index (χ2v) is 4.58. The fourth-order valence-electron chi connectivity index (χ4n) is 1.29. The monoisotopic (exact) mass is 317 g/mol. The van der Waals surface area contributed by atoms with Crippen molar-refractivity contribution in [3.8, 4) is 0 Å². The van der Waals surface area contributed by atoms with Crippen LogP contribution in [0.15, 0.2) is 18.2 Å². The summed E-state index contributed by atoms with van der Waals surface area (Å²) in [5, 5.41) is 7.90. The van der Waals surface area contributed by atoms with Crippen molar-refractivity contribution in [2.75, 3.05) is 18.4 Å². The van der Waals surface area contributed by atoms with Gasteiger partial charge in [0.05, 0.1) is 10.0 Å². The largest absolute Gasteiger partial charge is 0.359 e. The highest BCUT2D eigenvalue weighted by Gasteiger charge is 2.13. The van der Waals surface area contributed by atoms with Crippen molar-refractivity contribution in [2.45, 2.75) is 6.42 Å². The molecule has 0 aromatic heterocycles. The van der Waals surface area contributed by atoms with Crippen LogP contribution in [0.5, 0.6) is 0 Å². The first kappa shape index (κ1) is 16.3. The third kappa shape index (κ3) is 5.46. The number of hydrogen-bond acceptors (Lipinski definition) is 3. The number of nitrogens with one attached hydrogen (secondary N) is 3. The van der Waals surface area contributed by atoms with Gasteiger partial charge in [0, 0.05) is 18.8 Å². The smallest absolute Gasteiger partial charge is 0.313 e. The van der Waals surface area contributed by atoms with Crippen LogP contribution in [0.25, 0.3) is 0 Å². The molecule has 3 amide bonds. The second-order valence-electron chi connectivity index (χ2n) is 3.76. The number of amides is 3. The van der Waals surface area contributed by atoms with Crippen molar-refractivity contribution in [3.05, 3.63) is 28.2 Å². The van der Waals surface area contributed by atoms with Crippen LogP contribution in [-0.4, -0.2) is 31.3 Å². The van der Waals surface area contributed by atoms with E-state index in [0.717, 1.165) is 0 Å². The summed E-state index contributed by atoms with van der Waals surface area (Å²) in [7, 11) is 0. The summed E-state index contributed by atoms with van der Waals surface area (Å²) in [5.74, 6) is -1.56. The van der Waals surface area contributed by atoms with Crippen LogP contribution in [0.1, 0.15) is 6.42 Å². The van der Waals surface area contributed by atoms with Crippen molar-refractivity contribution in [1.29, 1.82) is 0 Å². The Balaban J connectivity index is 2.39. The highest BCUT2D eigenvalue weighted by Crippen LogP contribution is 2.24. The van der Waals surface area contributed by atoms with Crippen LogP contribution in [0.4, 0.5) is 5.69 Å². The minimum absolute atomic E-state index is 0.282. The van der Waals surface area contributed by atoms with Gasteiger partial charge in [-0.2, -0.15) is 0 Å². The Morgan fingerprint density at radius 2 is 1.85 bits per heavy atom. The average molecular weight is 318 g/mol. The molecule has 0 saturated carbocycles. The van der Waals surface area contributed by atoms with Gasteiger partial charge >= 0.3 is 11.8 Å². The van der Waals surface area contributed by atoms with E-state index in [1.165, 1.54) is 18.2 Å². The van der Waals surface area contributed by atoms with Gasteiger partial charge in [0.2, 0.25) is 6.41 Å². The van der Waals surface area contributed by atoms with Crippen LogP contribution in [-0.2, 0) is 14.4 Å². The average Bonchev–Trinajstić information content (AvgIpc) is 2.42. The molecule has 8 heteroatoms. The molecule has 0 fully saturated rings. The van der Waals surface area contributed by atoms with Crippen molar-refractivity contribution >= 4 is 47.1 Å². The van der Waals surface area contributed by atoms with Crippen molar-refractivity contribution in [2.24, 2.45) is 0 Å².